The number of carbonyl (C=O) groups excluding carboxylic acids is 3. The minimum atomic E-state index is -0.304. The van der Waals surface area contributed by atoms with Crippen LogP contribution in [0, 0.1) is 11.8 Å². The quantitative estimate of drug-likeness (QED) is 0.625. The van der Waals surface area contributed by atoms with Crippen molar-refractivity contribution in [2.24, 2.45) is 11.8 Å². The number of piperidine rings is 1. The van der Waals surface area contributed by atoms with Gasteiger partial charge in [-0.25, -0.2) is 0 Å². The Morgan fingerprint density at radius 3 is 2.46 bits per heavy atom. The van der Waals surface area contributed by atoms with Crippen LogP contribution in [0.5, 0.6) is 5.75 Å². The van der Waals surface area contributed by atoms with Gasteiger partial charge in [-0.2, -0.15) is 0 Å². The third kappa shape index (κ3) is 6.29. The van der Waals surface area contributed by atoms with Crippen LogP contribution in [0.25, 0.3) is 0 Å². The highest BCUT2D eigenvalue weighted by atomic mass is 35.5. The largest absolute Gasteiger partial charge is 0.486 e. The number of hydrogen-bond donors (Lipinski definition) is 1. The molecule has 11 heteroatoms. The van der Waals surface area contributed by atoms with E-state index in [-0.39, 0.29) is 48.1 Å². The second-order valence-electron chi connectivity index (χ2n) is 9.91. The predicted molar refractivity (Wildman–Crippen MR) is 133 cm³/mol. The van der Waals surface area contributed by atoms with E-state index in [1.54, 1.807) is 34.1 Å². The van der Waals surface area contributed by atoms with Crippen LogP contribution in [0.15, 0.2) is 24.3 Å². The molecule has 1 aromatic carbocycles. The number of nitrogens with zero attached hydrogens (tertiary/aromatic N) is 4. The molecule has 0 radical (unpaired) electrons. The molecule has 4 rings (SSSR count). The van der Waals surface area contributed by atoms with E-state index in [4.69, 9.17) is 16.3 Å². The van der Waals surface area contributed by atoms with Gasteiger partial charge in [-0.15, -0.1) is 10.2 Å². The highest BCUT2D eigenvalue weighted by molar-refractivity contribution is 7.15. The number of rotatable bonds is 6. The Morgan fingerprint density at radius 1 is 1.14 bits per heavy atom. The highest BCUT2D eigenvalue weighted by Gasteiger charge is 2.41. The number of likely N-dealkylation sites (tertiary alicyclic amines) is 2. The summed E-state index contributed by atoms with van der Waals surface area (Å²) in [5.41, 5.74) is -0.288. The minimum Gasteiger partial charge on any atom is -0.486 e. The van der Waals surface area contributed by atoms with E-state index in [0.29, 0.717) is 53.4 Å². The first kappa shape index (κ1) is 25.4. The van der Waals surface area contributed by atoms with Crippen molar-refractivity contribution in [3.8, 4) is 5.75 Å². The summed E-state index contributed by atoms with van der Waals surface area (Å²) in [6, 6.07) is 7.04. The van der Waals surface area contributed by atoms with Crippen LogP contribution in [0.1, 0.15) is 45.0 Å². The molecule has 2 aliphatic heterocycles. The Hall–Kier alpha value is -2.72. The zero-order chi connectivity index (χ0) is 25.2. The van der Waals surface area contributed by atoms with E-state index in [1.807, 2.05) is 20.8 Å². The average molecular weight is 520 g/mol. The molecule has 1 N–H and O–H groups in total. The zero-order valence-corrected chi connectivity index (χ0v) is 21.7. The first-order valence-electron chi connectivity index (χ1n) is 11.7. The van der Waals surface area contributed by atoms with Crippen LogP contribution < -0.4 is 10.1 Å². The van der Waals surface area contributed by atoms with Crippen molar-refractivity contribution in [3.05, 3.63) is 34.3 Å². The summed E-state index contributed by atoms with van der Waals surface area (Å²) >= 11 is 7.14. The fourth-order valence-corrected chi connectivity index (χ4v) is 5.17. The van der Waals surface area contributed by atoms with Gasteiger partial charge in [0.2, 0.25) is 22.9 Å². The summed E-state index contributed by atoms with van der Waals surface area (Å²) in [6.45, 7) is 7.66. The number of ether oxygens (including phenoxy) is 1. The maximum atomic E-state index is 13.0. The number of aromatic nitrogens is 2. The number of halogens is 1. The summed E-state index contributed by atoms with van der Waals surface area (Å²) in [7, 11) is 0. The van der Waals surface area contributed by atoms with E-state index in [0.717, 1.165) is 0 Å². The van der Waals surface area contributed by atoms with Crippen molar-refractivity contribution >= 4 is 45.8 Å². The summed E-state index contributed by atoms with van der Waals surface area (Å²) in [5, 5.41) is 12.7. The number of carbonyl (C=O) groups is 3. The Labute approximate surface area is 213 Å². The number of anilines is 1. The van der Waals surface area contributed by atoms with Crippen LogP contribution in [-0.2, 0) is 21.0 Å². The van der Waals surface area contributed by atoms with Gasteiger partial charge in [0, 0.05) is 42.5 Å². The van der Waals surface area contributed by atoms with Gasteiger partial charge in [0.15, 0.2) is 5.01 Å². The van der Waals surface area contributed by atoms with E-state index < -0.39 is 0 Å². The summed E-state index contributed by atoms with van der Waals surface area (Å²) in [6.07, 6.45) is 1.41. The first-order chi connectivity index (χ1) is 16.6. The van der Waals surface area contributed by atoms with Crippen molar-refractivity contribution in [2.45, 2.75) is 52.2 Å². The third-order valence-electron chi connectivity index (χ3n) is 6.33. The number of benzene rings is 1. The standard InChI is InChI=1S/C24H30ClN5O4S/c1-24(2,3)30-13-16(12-20(30)31)22(33)29-10-8-15(9-11-29)21(32)26-23-28-27-19(35-23)14-34-18-6-4-17(25)5-7-18/h4-7,15-16H,8-14H2,1-3H3,(H,26,28,32). The Kier molecular flexibility index (Phi) is 7.61. The van der Waals surface area contributed by atoms with Crippen LogP contribution in [0.3, 0.4) is 0 Å². The number of hydrogen-bond acceptors (Lipinski definition) is 7. The van der Waals surface area contributed by atoms with Crippen LogP contribution in [0.2, 0.25) is 5.02 Å². The molecule has 0 aliphatic carbocycles. The number of amides is 3. The molecule has 188 valence electrons. The maximum absolute atomic E-state index is 13.0. The molecule has 35 heavy (non-hydrogen) atoms. The van der Waals surface area contributed by atoms with Crippen LogP contribution in [0.4, 0.5) is 5.13 Å². The molecule has 1 unspecified atom stereocenters. The average Bonchev–Trinajstić information content (AvgIpc) is 3.44. The molecule has 2 aliphatic rings. The molecule has 0 saturated carbocycles. The first-order valence-corrected chi connectivity index (χ1v) is 12.9. The Morgan fingerprint density at radius 2 is 1.83 bits per heavy atom. The molecular weight excluding hydrogens is 490 g/mol. The molecule has 9 nitrogen and oxygen atoms in total. The topological polar surface area (TPSA) is 105 Å². The predicted octanol–water partition coefficient (Wildman–Crippen LogP) is 3.59. The fraction of sp³-hybridized carbons (Fsp3) is 0.542. The summed E-state index contributed by atoms with van der Waals surface area (Å²) < 4.78 is 5.66. The van der Waals surface area contributed by atoms with Crippen molar-refractivity contribution < 1.29 is 19.1 Å². The molecular formula is C24H30ClN5O4S. The van der Waals surface area contributed by atoms with Gasteiger partial charge >= 0.3 is 0 Å². The summed E-state index contributed by atoms with van der Waals surface area (Å²) in [5.74, 6) is 0.0893. The molecule has 2 fully saturated rings. The van der Waals surface area contributed by atoms with Crippen LogP contribution >= 0.6 is 22.9 Å². The van der Waals surface area contributed by atoms with E-state index in [9.17, 15) is 14.4 Å². The molecule has 2 saturated heterocycles. The minimum absolute atomic E-state index is 0.0124. The lowest BCUT2D eigenvalue weighted by Crippen LogP contribution is -2.46. The van der Waals surface area contributed by atoms with Gasteiger partial charge in [-0.3, -0.25) is 14.4 Å². The van der Waals surface area contributed by atoms with Crippen molar-refractivity contribution in [1.82, 2.24) is 20.0 Å². The SMILES string of the molecule is CC(C)(C)N1CC(C(=O)N2CCC(C(=O)Nc3nnc(COc4ccc(Cl)cc4)s3)CC2)CC1=O. The molecule has 0 spiro atoms. The molecule has 1 aromatic heterocycles. The monoisotopic (exact) mass is 519 g/mol. The fourth-order valence-electron chi connectivity index (χ4n) is 4.39. The van der Waals surface area contributed by atoms with Gasteiger partial charge in [0.05, 0.1) is 5.92 Å². The van der Waals surface area contributed by atoms with Crippen LogP contribution in [-0.4, -0.2) is 62.9 Å². The Balaban J connectivity index is 1.23. The molecule has 1 atom stereocenters. The zero-order valence-electron chi connectivity index (χ0n) is 20.1. The maximum Gasteiger partial charge on any atom is 0.229 e. The lowest BCUT2D eigenvalue weighted by atomic mass is 9.94. The smallest absolute Gasteiger partial charge is 0.229 e. The van der Waals surface area contributed by atoms with Gasteiger partial charge < -0.3 is 19.9 Å². The second-order valence-corrected chi connectivity index (χ2v) is 11.4. The number of nitrogens with one attached hydrogen (secondary N) is 1. The normalized spacial score (nSPS) is 19.2. The lowest BCUT2D eigenvalue weighted by molar-refractivity contribution is -0.138. The van der Waals surface area contributed by atoms with E-state index in [2.05, 4.69) is 15.5 Å². The van der Waals surface area contributed by atoms with Crippen molar-refractivity contribution in [1.29, 1.82) is 0 Å². The lowest BCUT2D eigenvalue weighted by Gasteiger charge is -2.34. The summed E-state index contributed by atoms with van der Waals surface area (Å²) in [4.78, 5) is 41.6. The molecule has 0 bridgehead atoms. The van der Waals surface area contributed by atoms with Gasteiger partial charge in [0.1, 0.15) is 12.4 Å². The van der Waals surface area contributed by atoms with Gasteiger partial charge in [0.25, 0.3) is 0 Å². The Bertz CT molecular complexity index is 1080. The van der Waals surface area contributed by atoms with Crippen molar-refractivity contribution in [3.63, 3.8) is 0 Å². The molecule has 3 heterocycles. The van der Waals surface area contributed by atoms with Gasteiger partial charge in [-0.1, -0.05) is 22.9 Å². The third-order valence-corrected chi connectivity index (χ3v) is 7.40. The molecule has 2 aromatic rings. The van der Waals surface area contributed by atoms with Crippen molar-refractivity contribution in [2.75, 3.05) is 25.0 Å². The highest BCUT2D eigenvalue weighted by Crippen LogP contribution is 2.29. The second kappa shape index (κ2) is 10.5. The molecule has 3 amide bonds. The van der Waals surface area contributed by atoms with Gasteiger partial charge in [-0.05, 0) is 57.9 Å². The van der Waals surface area contributed by atoms with E-state index in [1.165, 1.54) is 11.3 Å². The van der Waals surface area contributed by atoms with E-state index >= 15 is 0 Å².